The lowest BCUT2D eigenvalue weighted by Gasteiger charge is -2.06. The molecule has 5 nitrogen and oxygen atoms in total. The topological polar surface area (TPSA) is 76.6 Å². The molecule has 3 rings (SSSR count). The number of benzene rings is 2. The fraction of sp³-hybridized carbons (Fsp3) is 0.0800. The molecule has 1 N–H and O–H groups in total. The Morgan fingerprint density at radius 3 is 1.56 bits per heavy atom. The van der Waals surface area contributed by atoms with Crippen LogP contribution in [0.15, 0.2) is 84.2 Å². The normalized spacial score (nSPS) is 11.1. The molecule has 184 valence electrons. The third-order valence-electron chi connectivity index (χ3n) is 3.87. The standard InChI is InChI=1S/C15H9F3N2O.C10H5F3O2/c16-15(17,18)9-8-12-4-6-13(7-5-12)14(21)19-20-10-2-1-3-11-20;11-10(12,13)6-5-7-1-3-8(4-2-7)9(14)15/h1-7,10-11H;1-4H,(H,14,15). The lowest BCUT2D eigenvalue weighted by Crippen LogP contribution is -2.33. The van der Waals surface area contributed by atoms with E-state index in [1.165, 1.54) is 53.2 Å². The van der Waals surface area contributed by atoms with Crippen LogP contribution in [0, 0.1) is 23.7 Å². The first-order chi connectivity index (χ1) is 16.8. The van der Waals surface area contributed by atoms with Gasteiger partial charge in [0.25, 0.3) is 0 Å². The van der Waals surface area contributed by atoms with Gasteiger partial charge >= 0.3 is 18.3 Å². The maximum Gasteiger partial charge on any atom is 0.458 e. The van der Waals surface area contributed by atoms with E-state index in [9.17, 15) is 36.2 Å². The summed E-state index contributed by atoms with van der Waals surface area (Å²) in [5.41, 5.74) is 0.574. The molecular weight excluding hydrogens is 490 g/mol. The molecule has 0 unspecified atom stereocenters. The predicted molar refractivity (Wildman–Crippen MR) is 114 cm³/mol. The number of aromatic carboxylic acids is 1. The Hall–Kier alpha value is -4.77. The van der Waals surface area contributed by atoms with Crippen LogP contribution in [0.4, 0.5) is 26.3 Å². The van der Waals surface area contributed by atoms with Crippen molar-refractivity contribution in [3.63, 3.8) is 0 Å². The molecule has 0 spiro atoms. The van der Waals surface area contributed by atoms with Gasteiger partial charge in [0.15, 0.2) is 0 Å². The highest BCUT2D eigenvalue weighted by Gasteiger charge is 2.23. The van der Waals surface area contributed by atoms with E-state index in [1.807, 2.05) is 11.8 Å². The van der Waals surface area contributed by atoms with Crippen LogP contribution in [0.25, 0.3) is 0 Å². The van der Waals surface area contributed by atoms with E-state index in [1.54, 1.807) is 30.6 Å². The summed E-state index contributed by atoms with van der Waals surface area (Å²) < 4.78 is 72.2. The lowest BCUT2D eigenvalue weighted by atomic mass is 10.1. The Kier molecular flexibility index (Phi) is 9.22. The van der Waals surface area contributed by atoms with Crippen molar-refractivity contribution in [1.82, 2.24) is 0 Å². The van der Waals surface area contributed by atoms with Crippen molar-refractivity contribution in [2.75, 3.05) is 0 Å². The second-order valence-corrected chi connectivity index (χ2v) is 6.62. The second-order valence-electron chi connectivity index (χ2n) is 6.62. The van der Waals surface area contributed by atoms with Gasteiger partial charge in [-0.05, 0) is 47.1 Å². The maximum atomic E-state index is 11.9. The fourth-order valence-electron chi connectivity index (χ4n) is 2.30. The minimum Gasteiger partial charge on any atom is -0.854 e. The van der Waals surface area contributed by atoms with Crippen LogP contribution in [0.3, 0.4) is 0 Å². The maximum absolute atomic E-state index is 11.9. The zero-order valence-electron chi connectivity index (χ0n) is 17.9. The summed E-state index contributed by atoms with van der Waals surface area (Å²) in [6.07, 6.45) is -5.87. The zero-order valence-corrected chi connectivity index (χ0v) is 17.9. The molecule has 0 atom stereocenters. The van der Waals surface area contributed by atoms with Crippen molar-refractivity contribution in [2.45, 2.75) is 12.4 Å². The smallest absolute Gasteiger partial charge is 0.458 e. The summed E-state index contributed by atoms with van der Waals surface area (Å²) in [6, 6.07) is 15.5. The minimum absolute atomic E-state index is 0.00700. The Morgan fingerprint density at radius 1 is 0.750 bits per heavy atom. The van der Waals surface area contributed by atoms with Crippen LogP contribution in [0.1, 0.15) is 27.0 Å². The number of rotatable bonds is 3. The van der Waals surface area contributed by atoms with E-state index in [-0.39, 0.29) is 22.3 Å². The molecule has 1 aromatic heterocycles. The highest BCUT2D eigenvalue weighted by Crippen LogP contribution is 2.13. The highest BCUT2D eigenvalue weighted by atomic mass is 19.4. The molecule has 0 bridgehead atoms. The molecule has 11 heteroatoms. The van der Waals surface area contributed by atoms with E-state index >= 15 is 0 Å². The lowest BCUT2D eigenvalue weighted by molar-refractivity contribution is -0.681. The Bertz CT molecular complexity index is 1330. The molecular formula is C25H14F6N2O3. The predicted octanol–water partition coefficient (Wildman–Crippen LogP) is 3.76. The minimum atomic E-state index is -4.54. The van der Waals surface area contributed by atoms with Gasteiger partial charge in [-0.1, -0.05) is 34.7 Å². The van der Waals surface area contributed by atoms with Gasteiger partial charge in [-0.2, -0.15) is 26.3 Å². The molecule has 0 radical (unpaired) electrons. The number of pyridine rings is 1. The van der Waals surface area contributed by atoms with Gasteiger partial charge in [-0.25, -0.2) is 4.79 Å². The van der Waals surface area contributed by atoms with Gasteiger partial charge in [0.1, 0.15) is 0 Å². The molecule has 0 aliphatic heterocycles. The molecule has 0 fully saturated rings. The number of nitrogens with zero attached hydrogens (tertiary/aromatic N) is 2. The Balaban J connectivity index is 0.000000269. The van der Waals surface area contributed by atoms with Gasteiger partial charge in [-0.15, -0.1) is 0 Å². The molecule has 0 amide bonds. The van der Waals surface area contributed by atoms with Crippen molar-refractivity contribution in [2.24, 2.45) is 5.10 Å². The largest absolute Gasteiger partial charge is 0.854 e. The van der Waals surface area contributed by atoms with E-state index in [0.29, 0.717) is 0 Å². The molecule has 0 aliphatic carbocycles. The first-order valence-electron chi connectivity index (χ1n) is 9.68. The number of hydrogen-bond donors (Lipinski definition) is 1. The quantitative estimate of drug-likeness (QED) is 0.194. The van der Waals surface area contributed by atoms with Crippen molar-refractivity contribution in [1.29, 1.82) is 0 Å². The van der Waals surface area contributed by atoms with Gasteiger partial charge in [-0.3, -0.25) is 0 Å². The van der Waals surface area contributed by atoms with Crippen LogP contribution in [0.5, 0.6) is 0 Å². The summed E-state index contributed by atoms with van der Waals surface area (Å²) in [7, 11) is 0. The number of carboxylic acid groups (broad SMARTS) is 1. The van der Waals surface area contributed by atoms with Gasteiger partial charge in [0.05, 0.1) is 11.5 Å². The highest BCUT2D eigenvalue weighted by molar-refractivity contribution is 5.90. The van der Waals surface area contributed by atoms with Crippen molar-refractivity contribution in [3.8, 4) is 23.7 Å². The van der Waals surface area contributed by atoms with Crippen LogP contribution in [-0.2, 0) is 0 Å². The molecule has 3 aromatic rings. The van der Waals surface area contributed by atoms with Crippen molar-refractivity contribution >= 4 is 11.9 Å². The number of aromatic nitrogens is 1. The molecule has 2 aromatic carbocycles. The first-order valence-corrected chi connectivity index (χ1v) is 9.68. The van der Waals surface area contributed by atoms with E-state index in [0.717, 1.165) is 11.8 Å². The number of halogens is 6. The molecule has 36 heavy (non-hydrogen) atoms. The van der Waals surface area contributed by atoms with Gasteiger partial charge < -0.3 is 10.2 Å². The third kappa shape index (κ3) is 10.4. The van der Waals surface area contributed by atoms with Gasteiger partial charge in [0.2, 0.25) is 12.4 Å². The van der Waals surface area contributed by atoms with Crippen LogP contribution in [0.2, 0.25) is 0 Å². The number of carbonyl (C=O) groups is 1. The van der Waals surface area contributed by atoms with E-state index < -0.39 is 24.2 Å². The average molecular weight is 504 g/mol. The molecule has 0 saturated heterocycles. The van der Waals surface area contributed by atoms with E-state index in [4.69, 9.17) is 5.11 Å². The van der Waals surface area contributed by atoms with Crippen LogP contribution >= 0.6 is 0 Å². The average Bonchev–Trinajstić information content (AvgIpc) is 2.82. The zero-order chi connectivity index (χ0) is 26.8. The van der Waals surface area contributed by atoms with Crippen molar-refractivity contribution < 1.29 is 46.0 Å². The Labute approximate surface area is 201 Å². The number of hydrogen-bond acceptors (Lipinski definition) is 3. The summed E-state index contributed by atoms with van der Waals surface area (Å²) in [6.45, 7) is 0. The summed E-state index contributed by atoms with van der Waals surface area (Å²) in [4.78, 5) is 10.4. The summed E-state index contributed by atoms with van der Waals surface area (Å²) in [5.74, 6) is 4.48. The number of carboxylic acids is 1. The number of alkyl halides is 6. The fourth-order valence-corrected chi connectivity index (χ4v) is 2.30. The van der Waals surface area contributed by atoms with Crippen molar-refractivity contribution in [3.05, 3.63) is 101 Å². The molecule has 0 aliphatic rings. The van der Waals surface area contributed by atoms with Gasteiger partial charge in [0, 0.05) is 35.1 Å². The third-order valence-corrected chi connectivity index (χ3v) is 3.87. The summed E-state index contributed by atoms with van der Waals surface area (Å²) in [5, 5.41) is 24.2. The Morgan fingerprint density at radius 2 is 1.17 bits per heavy atom. The first kappa shape index (κ1) is 27.5. The van der Waals surface area contributed by atoms with Crippen LogP contribution < -0.4 is 9.78 Å². The molecule has 1 heterocycles. The SMILES string of the molecule is O=C(O)c1ccc(C#CC(F)(F)F)cc1.[O-]C(=N[n+]1ccccc1)c1ccc(C#CC(F)(F)F)cc1. The summed E-state index contributed by atoms with van der Waals surface area (Å²) >= 11 is 0. The van der Waals surface area contributed by atoms with Crippen LogP contribution in [-0.4, -0.2) is 29.3 Å². The van der Waals surface area contributed by atoms with E-state index in [2.05, 4.69) is 5.10 Å². The monoisotopic (exact) mass is 504 g/mol. The molecule has 0 saturated carbocycles. The second kappa shape index (κ2) is 12.1.